The fourth-order valence-corrected chi connectivity index (χ4v) is 7.65. The molecule has 6 atom stereocenters. The molecule has 20 nitrogen and oxygen atoms in total. The SMILES string of the molecule is C#CCOCCOCCOCCOCCNC(=O)[C@H](Nc1nc(C)nc2c1cnn2[C@@H]1O[C@H](COP(=O)(O)CP(=O)(O)O)[C@@H](O)[C@H]1O)c1ccccc1. The molecule has 0 radical (unpaired) electrons. The lowest BCUT2D eigenvalue weighted by molar-refractivity contribution is -0.122. The van der Waals surface area contributed by atoms with Crippen LogP contribution in [0.3, 0.4) is 0 Å². The first-order chi connectivity index (χ1) is 25.3. The van der Waals surface area contributed by atoms with Crippen LogP contribution in [0.15, 0.2) is 36.5 Å². The first-order valence-electron chi connectivity index (χ1n) is 16.4. The number of aliphatic hydroxyl groups is 2. The Bertz CT molecular complexity index is 1760. The van der Waals surface area contributed by atoms with Crippen molar-refractivity contribution in [3.63, 3.8) is 0 Å². The average molecular weight is 787 g/mol. The van der Waals surface area contributed by atoms with Crippen LogP contribution in [0.25, 0.3) is 11.0 Å². The van der Waals surface area contributed by atoms with Crippen molar-refractivity contribution in [3.05, 3.63) is 47.9 Å². The lowest BCUT2D eigenvalue weighted by Crippen LogP contribution is -2.36. The van der Waals surface area contributed by atoms with Gasteiger partial charge in [0.05, 0.1) is 64.4 Å². The summed E-state index contributed by atoms with van der Waals surface area (Å²) in [5, 5.41) is 32.1. The summed E-state index contributed by atoms with van der Waals surface area (Å²) in [4.78, 5) is 50.3. The molecular formula is C31H44N6O14P2. The molecule has 1 aromatic carbocycles. The highest BCUT2D eigenvalue weighted by atomic mass is 31.2. The van der Waals surface area contributed by atoms with Gasteiger partial charge in [-0.1, -0.05) is 36.3 Å². The summed E-state index contributed by atoms with van der Waals surface area (Å²) in [5.74, 6) is 1.05. The Morgan fingerprint density at radius 2 is 1.62 bits per heavy atom. The van der Waals surface area contributed by atoms with Crippen LogP contribution in [-0.2, 0) is 42.1 Å². The van der Waals surface area contributed by atoms with Gasteiger partial charge in [0.25, 0.3) is 0 Å². The van der Waals surface area contributed by atoms with Gasteiger partial charge in [-0.05, 0) is 12.5 Å². The molecule has 1 saturated heterocycles. The van der Waals surface area contributed by atoms with Crippen molar-refractivity contribution in [2.24, 2.45) is 0 Å². The first kappa shape index (κ1) is 42.4. The van der Waals surface area contributed by atoms with Crippen molar-refractivity contribution in [1.29, 1.82) is 0 Å². The standard InChI is InChI=1S/C31H44N6O14P2/c1-3-10-46-12-14-48-16-17-49-15-13-47-11-9-32-30(40)25(22-7-5-4-6-8-22)36-28-23-18-33-37(29(23)35-21(2)34-28)31-27(39)26(38)24(51-31)19-50-53(44,45)20-52(41,42)43/h1,4-8,18,24-27,31,38-39H,9-17,19-20H2,2H3,(H,32,40)(H,44,45)(H,34,35,36)(H2,41,42,43)/t24-,25-,26-,27-,31-/m1/s1. The number of rotatable bonds is 23. The van der Waals surface area contributed by atoms with Gasteiger partial charge in [-0.25, -0.2) is 14.6 Å². The van der Waals surface area contributed by atoms with Crippen molar-refractivity contribution >= 4 is 37.9 Å². The number of hydrogen-bond acceptors (Lipinski definition) is 15. The third-order valence-corrected chi connectivity index (χ3v) is 10.9. The predicted octanol–water partition coefficient (Wildman–Crippen LogP) is 0.0601. The van der Waals surface area contributed by atoms with E-state index in [1.807, 2.05) is 6.07 Å². The van der Waals surface area contributed by atoms with Crippen molar-refractivity contribution in [1.82, 2.24) is 25.1 Å². The smallest absolute Gasteiger partial charge is 0.340 e. The number of ether oxygens (including phenoxy) is 5. The Morgan fingerprint density at radius 1 is 0.981 bits per heavy atom. The van der Waals surface area contributed by atoms with Crippen LogP contribution < -0.4 is 10.6 Å². The van der Waals surface area contributed by atoms with Gasteiger partial charge in [0.15, 0.2) is 17.8 Å². The Balaban J connectivity index is 1.35. The van der Waals surface area contributed by atoms with E-state index < -0.39 is 58.3 Å². The molecule has 0 saturated carbocycles. The van der Waals surface area contributed by atoms with E-state index in [1.54, 1.807) is 31.2 Å². The number of nitrogens with zero attached hydrogens (tertiary/aromatic N) is 4. The predicted molar refractivity (Wildman–Crippen MR) is 187 cm³/mol. The molecule has 1 fully saturated rings. The largest absolute Gasteiger partial charge is 0.387 e. The third-order valence-electron chi connectivity index (χ3n) is 7.47. The zero-order valence-electron chi connectivity index (χ0n) is 28.8. The van der Waals surface area contributed by atoms with Crippen molar-refractivity contribution in [2.75, 3.05) is 77.2 Å². The maximum Gasteiger partial charge on any atom is 0.340 e. The van der Waals surface area contributed by atoms with Crippen molar-refractivity contribution < 1.29 is 67.0 Å². The fraction of sp³-hybridized carbons (Fsp3) is 0.548. The number of nitrogens with one attached hydrogen (secondary N) is 2. The first-order valence-corrected chi connectivity index (χ1v) is 19.9. The highest BCUT2D eigenvalue weighted by Gasteiger charge is 2.46. The molecule has 1 unspecified atom stereocenters. The van der Waals surface area contributed by atoms with Crippen LogP contribution in [0.1, 0.15) is 23.7 Å². The van der Waals surface area contributed by atoms with Crippen LogP contribution in [0.2, 0.25) is 0 Å². The zero-order chi connectivity index (χ0) is 38.4. The Labute approximate surface area is 304 Å². The molecule has 292 valence electrons. The van der Waals surface area contributed by atoms with Gasteiger partial charge in [0, 0.05) is 6.54 Å². The monoisotopic (exact) mass is 786 g/mol. The molecule has 1 aliphatic heterocycles. The van der Waals surface area contributed by atoms with Crippen LogP contribution in [0.4, 0.5) is 5.82 Å². The van der Waals surface area contributed by atoms with Crippen molar-refractivity contribution in [2.45, 2.75) is 37.5 Å². The van der Waals surface area contributed by atoms with E-state index in [9.17, 15) is 29.0 Å². The second-order valence-electron chi connectivity index (χ2n) is 11.6. The highest BCUT2D eigenvalue weighted by molar-refractivity contribution is 7.70. The minimum absolute atomic E-state index is 0.163. The number of benzene rings is 1. The van der Waals surface area contributed by atoms with E-state index in [2.05, 4.69) is 31.6 Å². The van der Waals surface area contributed by atoms with E-state index in [4.69, 9.17) is 44.4 Å². The summed E-state index contributed by atoms with van der Waals surface area (Å²) < 4.78 is 56.5. The quantitative estimate of drug-likeness (QED) is 0.0380. The zero-order valence-corrected chi connectivity index (χ0v) is 30.6. The third kappa shape index (κ3) is 13.2. The molecule has 2 aromatic heterocycles. The number of aromatic nitrogens is 4. The van der Waals surface area contributed by atoms with Crippen LogP contribution in [0, 0.1) is 19.3 Å². The minimum atomic E-state index is -4.89. The number of aliphatic hydroxyl groups excluding tert-OH is 2. The topological polar surface area (TPSA) is 275 Å². The van der Waals surface area contributed by atoms with E-state index in [0.717, 1.165) is 0 Å². The second kappa shape index (κ2) is 20.3. The lowest BCUT2D eigenvalue weighted by Gasteiger charge is -2.20. The fourth-order valence-electron chi connectivity index (χ4n) is 5.09. The number of aryl methyl sites for hydroxylation is 1. The number of carbonyl (C=O) groups excluding carboxylic acids is 1. The lowest BCUT2D eigenvalue weighted by atomic mass is 10.1. The molecule has 4 rings (SSSR count). The summed E-state index contributed by atoms with van der Waals surface area (Å²) in [5.41, 5.74) is 0.789. The average Bonchev–Trinajstić information content (AvgIpc) is 3.65. The number of hydrogen-bond donors (Lipinski definition) is 7. The number of carbonyl (C=O) groups is 1. The van der Waals surface area contributed by atoms with Gasteiger partial charge in [-0.15, -0.1) is 6.42 Å². The van der Waals surface area contributed by atoms with E-state index >= 15 is 0 Å². The summed E-state index contributed by atoms with van der Waals surface area (Å²) in [6, 6.07) is 7.99. The molecule has 1 amide bonds. The van der Waals surface area contributed by atoms with Gasteiger partial charge in [-0.2, -0.15) is 5.10 Å². The Hall–Kier alpha value is -3.38. The van der Waals surface area contributed by atoms with Crippen LogP contribution in [0.5, 0.6) is 0 Å². The van der Waals surface area contributed by atoms with Crippen LogP contribution >= 0.6 is 15.2 Å². The summed E-state index contributed by atoms with van der Waals surface area (Å²) in [7, 11) is -9.64. The number of terminal acetylenes is 1. The van der Waals surface area contributed by atoms with Gasteiger partial charge >= 0.3 is 15.2 Å². The molecular weight excluding hydrogens is 742 g/mol. The molecule has 3 heterocycles. The maximum absolute atomic E-state index is 13.5. The Morgan fingerprint density at radius 3 is 2.26 bits per heavy atom. The van der Waals surface area contributed by atoms with Gasteiger partial charge in [0.2, 0.25) is 5.91 Å². The minimum Gasteiger partial charge on any atom is -0.387 e. The van der Waals surface area contributed by atoms with Crippen LogP contribution in [-0.4, -0.2) is 141 Å². The normalized spacial score (nSPS) is 20.5. The highest BCUT2D eigenvalue weighted by Crippen LogP contribution is 2.55. The second-order valence-corrected chi connectivity index (χ2v) is 15.6. The van der Waals surface area contributed by atoms with E-state index in [0.29, 0.717) is 50.6 Å². The van der Waals surface area contributed by atoms with Gasteiger partial charge in [0.1, 0.15) is 42.6 Å². The molecule has 1 aliphatic rings. The molecule has 0 spiro atoms. The van der Waals surface area contributed by atoms with Crippen molar-refractivity contribution in [3.8, 4) is 12.3 Å². The van der Waals surface area contributed by atoms with E-state index in [-0.39, 0.29) is 43.0 Å². The molecule has 22 heteroatoms. The molecule has 7 N–H and O–H groups in total. The summed E-state index contributed by atoms with van der Waals surface area (Å²) in [6.45, 7) is 3.78. The molecule has 3 aromatic rings. The number of fused-ring (bicyclic) bond motifs is 1. The molecule has 53 heavy (non-hydrogen) atoms. The Kier molecular flexibility index (Phi) is 16.3. The summed E-state index contributed by atoms with van der Waals surface area (Å²) >= 11 is 0. The molecule has 0 bridgehead atoms. The number of amides is 1. The number of anilines is 1. The van der Waals surface area contributed by atoms with E-state index in [1.165, 1.54) is 10.9 Å². The molecule has 0 aliphatic carbocycles. The van der Waals surface area contributed by atoms with Gasteiger partial charge in [-0.3, -0.25) is 13.9 Å². The van der Waals surface area contributed by atoms with Gasteiger partial charge < -0.3 is 63.7 Å². The maximum atomic E-state index is 13.5. The summed E-state index contributed by atoms with van der Waals surface area (Å²) in [6.07, 6.45) is 0.514.